The van der Waals surface area contributed by atoms with E-state index in [1.807, 2.05) is 152 Å². The van der Waals surface area contributed by atoms with E-state index in [1.165, 1.54) is 66.2 Å². The van der Waals surface area contributed by atoms with Crippen LogP contribution in [0.2, 0.25) is 0 Å². The van der Waals surface area contributed by atoms with E-state index in [1.54, 1.807) is 41.5 Å². The fraction of sp³-hybridized carbons (Fsp3) is 0.875. The molecule has 25 nitrogen and oxygen atoms in total. The fourth-order valence-electron chi connectivity index (χ4n) is 10.3. The number of carbonyl (C=O) groups excluding carboxylic acids is 14. The Kier molecular flexibility index (Phi) is 111. The number of hydrogen-bond acceptors (Lipinski definition) is 25. The van der Waals surface area contributed by atoms with E-state index in [0.29, 0.717) is 107 Å². The molecule has 828 valence electrons. The van der Waals surface area contributed by atoms with Crippen molar-refractivity contribution in [2.45, 2.75) is 564 Å². The van der Waals surface area contributed by atoms with Crippen LogP contribution in [0.1, 0.15) is 497 Å². The van der Waals surface area contributed by atoms with E-state index in [4.69, 9.17) is 47.4 Å². The van der Waals surface area contributed by atoms with Crippen LogP contribution in [-0.2, 0) is 119 Å². The Morgan fingerprint density at radius 2 is 0.424 bits per heavy atom. The molecule has 0 aromatic carbocycles. The highest BCUT2D eigenvalue weighted by Gasteiger charge is 2.44. The summed E-state index contributed by atoms with van der Waals surface area (Å²) < 4.78 is 79.7. The lowest BCUT2D eigenvalue weighted by Gasteiger charge is -2.19. The first-order chi connectivity index (χ1) is 63.7. The maximum atomic E-state index is 12.8. The van der Waals surface area contributed by atoms with Gasteiger partial charge in [-0.3, -0.25) is 62.3 Å². The van der Waals surface area contributed by atoms with Crippen LogP contribution in [0.4, 0.5) is 8.78 Å². The van der Waals surface area contributed by atoms with E-state index < -0.39 is 29.9 Å². The lowest BCUT2D eigenvalue weighted by Crippen LogP contribution is -2.37. The summed E-state index contributed by atoms with van der Waals surface area (Å²) in [7, 11) is 0. The van der Waals surface area contributed by atoms with Gasteiger partial charge in [-0.2, -0.15) is 8.78 Å². The minimum atomic E-state index is -3.37. The second kappa shape index (κ2) is 99.8. The predicted molar refractivity (Wildman–Crippen MR) is 560 cm³/mol. The van der Waals surface area contributed by atoms with Crippen LogP contribution in [-0.4, -0.2) is 157 Å². The van der Waals surface area contributed by atoms with Gasteiger partial charge in [0.1, 0.15) is 23.8 Å². The Morgan fingerprint density at radius 3 is 0.705 bits per heavy atom. The summed E-state index contributed by atoms with van der Waals surface area (Å²) in [6.45, 7) is 84.7. The third-order valence-electron chi connectivity index (χ3n) is 17.7. The molecule has 0 saturated heterocycles. The molecule has 0 aromatic rings. The number of rotatable bonds is 57. The number of carbonyl (C=O) groups is 14. The molecular weight excluding hydrogens is 1780 g/mol. The van der Waals surface area contributed by atoms with Gasteiger partial charge in [0.05, 0.1) is 74.1 Å². The van der Waals surface area contributed by atoms with Crippen LogP contribution < -0.4 is 0 Å². The first-order valence-electron chi connectivity index (χ1n) is 52.8. The van der Waals surface area contributed by atoms with E-state index in [-0.39, 0.29) is 157 Å². The molecule has 0 bridgehead atoms. The minimum Gasteiger partial charge on any atom is -0.465 e. The molecule has 0 N–H and O–H groups in total. The smallest absolute Gasteiger partial charge is 0.377 e. The van der Waals surface area contributed by atoms with Gasteiger partial charge in [0.2, 0.25) is 0 Å². The first kappa shape index (κ1) is 155. The molecule has 0 atom stereocenters. The summed E-state index contributed by atoms with van der Waals surface area (Å²) in [5.41, 5.74) is 0. The van der Waals surface area contributed by atoms with Crippen molar-refractivity contribution in [2.75, 3.05) is 6.61 Å². The van der Waals surface area contributed by atoms with Crippen LogP contribution in [0.15, 0.2) is 0 Å². The van der Waals surface area contributed by atoms with E-state index in [2.05, 4.69) is 87.8 Å². The average molecular weight is 2000 g/mol. The van der Waals surface area contributed by atoms with Gasteiger partial charge in [0, 0.05) is 87.9 Å². The van der Waals surface area contributed by atoms with Crippen LogP contribution in [0, 0.1) is 71.0 Å². The van der Waals surface area contributed by atoms with Gasteiger partial charge < -0.3 is 52.1 Å². The third-order valence-corrected chi connectivity index (χ3v) is 17.7. The SMILES string of the molecule is CC(C)CC(=O)OC(C)C.CC(C)CCC(=O)OC(C)C.CC(C)CCCC(=O)OC(C)C.CC(C)CCCC(=O)OCC(C)C.CC(C)CCCCC(=O)OC(C)C.CC(C)CCCCCC(=O)OC(C)C.CC(C)CCCCCCC(=O)OC(C)C.CC(C)OC(=O)C(F)(F)C(C)C.CC(C)OC(=O)CC(=O)C(C)C.CC(C)OC(=O)CCC(=O)C(C)C.CC(C)OC(=O)CCCC(=O)C(C)C. The fourth-order valence-corrected chi connectivity index (χ4v) is 10.3. The van der Waals surface area contributed by atoms with Gasteiger partial charge in [-0.1, -0.05) is 237 Å². The highest BCUT2D eigenvalue weighted by molar-refractivity contribution is 5.96. The maximum Gasteiger partial charge on any atom is 0.377 e. The number of Topliss-reactive ketones (excluding diaryl/α,β-unsaturated/α-hetero) is 3. The molecular formula is C112H216F2O25. The van der Waals surface area contributed by atoms with Gasteiger partial charge in [-0.05, 0) is 231 Å². The molecule has 0 aromatic heterocycles. The molecule has 0 fully saturated rings. The Balaban J connectivity index is -0.000000144. The summed E-state index contributed by atoms with van der Waals surface area (Å²) in [5, 5.41) is 0. The van der Waals surface area contributed by atoms with Gasteiger partial charge in [0.15, 0.2) is 0 Å². The van der Waals surface area contributed by atoms with Crippen molar-refractivity contribution in [1.29, 1.82) is 0 Å². The molecule has 0 heterocycles. The number of ether oxygens (including phenoxy) is 11. The summed E-state index contributed by atoms with van der Waals surface area (Å²) in [4.78, 5) is 154. The van der Waals surface area contributed by atoms with Crippen molar-refractivity contribution in [3.8, 4) is 0 Å². The van der Waals surface area contributed by atoms with Crippen LogP contribution >= 0.6 is 0 Å². The van der Waals surface area contributed by atoms with E-state index in [0.717, 1.165) is 88.4 Å². The molecule has 0 amide bonds. The number of unbranched alkanes of at least 4 members (excludes halogenated alkanes) is 6. The Bertz CT molecular complexity index is 3010. The van der Waals surface area contributed by atoms with Crippen LogP contribution in [0.3, 0.4) is 0 Å². The van der Waals surface area contributed by atoms with Crippen molar-refractivity contribution in [1.82, 2.24) is 0 Å². The van der Waals surface area contributed by atoms with Crippen LogP contribution in [0.25, 0.3) is 0 Å². The van der Waals surface area contributed by atoms with Crippen LogP contribution in [0.5, 0.6) is 0 Å². The van der Waals surface area contributed by atoms with Crippen molar-refractivity contribution in [3.05, 3.63) is 0 Å². The molecule has 0 aliphatic carbocycles. The minimum absolute atomic E-state index is 0.00634. The van der Waals surface area contributed by atoms with Gasteiger partial charge in [-0.25, -0.2) is 4.79 Å². The molecule has 0 spiro atoms. The molecule has 0 aliphatic rings. The lowest BCUT2D eigenvalue weighted by molar-refractivity contribution is -0.182. The molecule has 0 radical (unpaired) electrons. The van der Waals surface area contributed by atoms with Crippen molar-refractivity contribution >= 4 is 83.0 Å². The molecule has 139 heavy (non-hydrogen) atoms. The summed E-state index contributed by atoms with van der Waals surface area (Å²) >= 11 is 0. The topological polar surface area (TPSA) is 341 Å². The van der Waals surface area contributed by atoms with Crippen molar-refractivity contribution in [2.24, 2.45) is 71.0 Å². The normalized spacial score (nSPS) is 10.9. The first-order valence-corrected chi connectivity index (χ1v) is 52.8. The zero-order chi connectivity index (χ0) is 111. The standard InChI is InChI=1S/C13H26O2.C12H24O2.C11H20O3.2C11H22O2.C10H18O3.C10H20O2.C9H16O3.C9H18O2.C8H14F2O2.C8H16O2/c1-11(2)9-7-5-6-8-10-13(14)15-12(3)4;1-10(2)8-6-5-7-9-12(13)14-11(3)4;1-8(2)10(12)6-5-7-11(13)14-9(3)4;1-9(2)6-5-7-11(12)13-8-10(3)4;1-9(2)7-5-6-8-11(12)13-10(3)4;1-7(2)9(11)5-6-10(12)13-8(3)4;1-8(2)6-5-7-10(11)12-9(3)4;1-6(2)8(10)5-9(11)12-7(3)4;1-7(2)5-6-9(10)11-8(3)4;1-5(2)8(9,10)7(11)12-6(3)4;1-6(2)5-8(9)10-7(3)4/h11-12H,5-10H2,1-4H3;10-11H,5-9H2,1-4H3;8-9H,5-7H2,1-4H3;2*9-10H,5-8H2,1-4H3;7-8H,5-6H2,1-4H3;8-9H,5-7H2,1-4H3;6-7H,5H2,1-4H3;7-8H,5-6H2,1-4H3;5-6H,1-4H3;6-7H,5H2,1-4H3. The second-order valence-electron chi connectivity index (χ2n) is 42.6. The third kappa shape index (κ3) is 147. The van der Waals surface area contributed by atoms with Crippen molar-refractivity contribution in [3.63, 3.8) is 0 Å². The van der Waals surface area contributed by atoms with E-state index in [9.17, 15) is 75.9 Å². The second-order valence-corrected chi connectivity index (χ2v) is 42.6. The zero-order valence-corrected chi connectivity index (χ0v) is 97.1. The highest BCUT2D eigenvalue weighted by Crippen LogP contribution is 2.26. The van der Waals surface area contributed by atoms with Gasteiger partial charge in [-0.15, -0.1) is 0 Å². The molecule has 0 rings (SSSR count). The van der Waals surface area contributed by atoms with Crippen molar-refractivity contribution < 1.29 is 128 Å². The van der Waals surface area contributed by atoms with E-state index >= 15 is 0 Å². The summed E-state index contributed by atoms with van der Waals surface area (Å²) in [6.07, 6.45) is 24.0. The number of alkyl halides is 2. The quantitative estimate of drug-likeness (QED) is 0.0236. The molecule has 0 aliphatic heterocycles. The molecule has 27 heteroatoms. The number of hydrogen-bond donors (Lipinski definition) is 0. The summed E-state index contributed by atoms with van der Waals surface area (Å²) in [5.74, 6) is -1.88. The highest BCUT2D eigenvalue weighted by atomic mass is 19.3. The maximum absolute atomic E-state index is 12.8. The predicted octanol–water partition coefficient (Wildman–Crippen LogP) is 28.8. The zero-order valence-electron chi connectivity index (χ0n) is 97.1. The summed E-state index contributed by atoms with van der Waals surface area (Å²) in [6, 6.07) is 0. The lowest BCUT2D eigenvalue weighted by atomic mass is 10.0. The number of ketones is 3. The average Bonchev–Trinajstić information content (AvgIpc) is 0.857. The molecule has 0 unspecified atom stereocenters. The molecule has 0 saturated carbocycles. The number of esters is 11. The Morgan fingerprint density at radius 1 is 0.194 bits per heavy atom. The Hall–Kier alpha value is -6.96. The Labute approximate surface area is 848 Å². The van der Waals surface area contributed by atoms with Gasteiger partial charge in [0.25, 0.3) is 0 Å². The largest absolute Gasteiger partial charge is 0.465 e. The van der Waals surface area contributed by atoms with Gasteiger partial charge >= 0.3 is 71.6 Å². The number of halogens is 2. The monoisotopic (exact) mass is 2000 g/mol.